The third-order valence-electron chi connectivity index (χ3n) is 5.11. The number of carbonyl (C=O) groups excluding carboxylic acids is 1. The van der Waals surface area contributed by atoms with Crippen LogP contribution in [0.15, 0.2) is 24.3 Å². The van der Waals surface area contributed by atoms with Crippen LogP contribution < -0.4 is 5.32 Å². The largest absolute Gasteiger partial charge is 0.380 e. The molecular formula is C20H32N2O3. The molecule has 1 aliphatic heterocycles. The van der Waals surface area contributed by atoms with Gasteiger partial charge < -0.3 is 14.8 Å². The lowest BCUT2D eigenvalue weighted by atomic mass is 9.92. The van der Waals surface area contributed by atoms with Crippen molar-refractivity contribution in [1.82, 2.24) is 10.2 Å². The molecule has 25 heavy (non-hydrogen) atoms. The van der Waals surface area contributed by atoms with Crippen molar-refractivity contribution in [3.63, 3.8) is 0 Å². The minimum Gasteiger partial charge on any atom is -0.380 e. The number of ether oxygens (including phenoxy) is 2. The number of methoxy groups -OCH3 is 1. The molecule has 0 aromatic heterocycles. The third-order valence-corrected chi connectivity index (χ3v) is 5.11. The fourth-order valence-electron chi connectivity index (χ4n) is 3.55. The highest BCUT2D eigenvalue weighted by molar-refractivity contribution is 5.94. The van der Waals surface area contributed by atoms with Crippen LogP contribution in [-0.4, -0.2) is 56.8 Å². The monoisotopic (exact) mass is 348 g/mol. The number of benzene rings is 1. The maximum Gasteiger partial charge on any atom is 0.251 e. The molecule has 1 fully saturated rings. The molecule has 0 bridgehead atoms. The molecule has 1 aliphatic rings. The van der Waals surface area contributed by atoms with Crippen LogP contribution in [0.2, 0.25) is 0 Å². The van der Waals surface area contributed by atoms with Crippen molar-refractivity contribution < 1.29 is 14.3 Å². The zero-order valence-corrected chi connectivity index (χ0v) is 15.8. The van der Waals surface area contributed by atoms with Crippen molar-refractivity contribution in [1.29, 1.82) is 0 Å². The van der Waals surface area contributed by atoms with Gasteiger partial charge in [-0.2, -0.15) is 0 Å². The number of nitrogens with zero attached hydrogens (tertiary/aromatic N) is 1. The van der Waals surface area contributed by atoms with Gasteiger partial charge in [-0.05, 0) is 23.6 Å². The fourth-order valence-corrected chi connectivity index (χ4v) is 3.55. The van der Waals surface area contributed by atoms with Gasteiger partial charge in [0.05, 0.1) is 19.8 Å². The maximum absolute atomic E-state index is 12.5. The van der Waals surface area contributed by atoms with Gasteiger partial charge in [-0.1, -0.05) is 38.8 Å². The second kappa shape index (κ2) is 10.5. The van der Waals surface area contributed by atoms with E-state index >= 15 is 0 Å². The zero-order valence-electron chi connectivity index (χ0n) is 15.8. The van der Waals surface area contributed by atoms with Gasteiger partial charge in [0.25, 0.3) is 5.91 Å². The van der Waals surface area contributed by atoms with Crippen molar-refractivity contribution in [2.45, 2.75) is 39.3 Å². The van der Waals surface area contributed by atoms with Crippen LogP contribution in [0.1, 0.15) is 42.6 Å². The van der Waals surface area contributed by atoms with Gasteiger partial charge in [0, 0.05) is 38.3 Å². The summed E-state index contributed by atoms with van der Waals surface area (Å²) in [5, 5.41) is 3.14. The van der Waals surface area contributed by atoms with Gasteiger partial charge in [0.1, 0.15) is 0 Å². The number of amides is 1. The van der Waals surface area contributed by atoms with Crippen molar-refractivity contribution in [2.75, 3.05) is 40.0 Å². The fraction of sp³-hybridized carbons (Fsp3) is 0.650. The summed E-state index contributed by atoms with van der Waals surface area (Å²) in [6.07, 6.45) is 2.25. The SMILES string of the molecule is CCC(CC)C(CNC(=O)c1ccc(COC)cc1)N1CCOCC1. The summed E-state index contributed by atoms with van der Waals surface area (Å²) in [6.45, 7) is 9.18. The highest BCUT2D eigenvalue weighted by Gasteiger charge is 2.27. The van der Waals surface area contributed by atoms with Crippen molar-refractivity contribution >= 4 is 5.91 Å². The van der Waals surface area contributed by atoms with Gasteiger partial charge in [-0.25, -0.2) is 0 Å². The van der Waals surface area contributed by atoms with E-state index in [9.17, 15) is 4.79 Å². The number of carbonyl (C=O) groups is 1. The number of nitrogens with one attached hydrogen (secondary N) is 1. The van der Waals surface area contributed by atoms with Crippen LogP contribution in [0.5, 0.6) is 0 Å². The highest BCUT2D eigenvalue weighted by atomic mass is 16.5. The van der Waals surface area contributed by atoms with E-state index in [1.54, 1.807) is 7.11 Å². The molecule has 1 amide bonds. The molecule has 5 nitrogen and oxygen atoms in total. The lowest BCUT2D eigenvalue weighted by Gasteiger charge is -2.38. The van der Waals surface area contributed by atoms with Crippen LogP contribution in [0, 0.1) is 5.92 Å². The summed E-state index contributed by atoms with van der Waals surface area (Å²) >= 11 is 0. The second-order valence-electron chi connectivity index (χ2n) is 6.63. The van der Waals surface area contributed by atoms with Crippen molar-refractivity contribution in [3.8, 4) is 0 Å². The molecule has 5 heteroatoms. The van der Waals surface area contributed by atoms with Crippen LogP contribution in [-0.2, 0) is 16.1 Å². The molecule has 1 heterocycles. The van der Waals surface area contributed by atoms with Crippen LogP contribution in [0.3, 0.4) is 0 Å². The standard InChI is InChI=1S/C20H32N2O3/c1-4-17(5-2)19(22-10-12-25-13-11-22)14-21-20(23)18-8-6-16(7-9-18)15-24-3/h6-9,17,19H,4-5,10-15H2,1-3H3,(H,21,23). The molecule has 140 valence electrons. The second-order valence-corrected chi connectivity index (χ2v) is 6.63. The molecule has 1 atom stereocenters. The Morgan fingerprint density at radius 2 is 1.84 bits per heavy atom. The topological polar surface area (TPSA) is 50.8 Å². The van der Waals surface area contributed by atoms with Crippen molar-refractivity contribution in [2.24, 2.45) is 5.92 Å². The molecule has 0 saturated carbocycles. The Bertz CT molecular complexity index is 508. The molecule has 0 radical (unpaired) electrons. The first-order chi connectivity index (χ1) is 12.2. The Morgan fingerprint density at radius 1 is 1.20 bits per heavy atom. The molecule has 1 aromatic rings. The van der Waals surface area contributed by atoms with Gasteiger partial charge in [0.2, 0.25) is 0 Å². The molecule has 0 spiro atoms. The van der Waals surface area contributed by atoms with E-state index in [1.807, 2.05) is 24.3 Å². The summed E-state index contributed by atoms with van der Waals surface area (Å²) < 4.78 is 10.6. The predicted octanol–water partition coefficient (Wildman–Crippen LogP) is 2.70. The Kier molecular flexibility index (Phi) is 8.38. The Hall–Kier alpha value is -1.43. The van der Waals surface area contributed by atoms with Gasteiger partial charge >= 0.3 is 0 Å². The summed E-state index contributed by atoms with van der Waals surface area (Å²) in [4.78, 5) is 15.0. The number of rotatable bonds is 9. The summed E-state index contributed by atoms with van der Waals surface area (Å²) in [6, 6.07) is 7.99. The van der Waals surface area contributed by atoms with E-state index in [-0.39, 0.29) is 5.91 Å². The maximum atomic E-state index is 12.5. The summed E-state index contributed by atoms with van der Waals surface area (Å²) in [7, 11) is 1.67. The van der Waals surface area contributed by atoms with E-state index in [1.165, 1.54) is 0 Å². The Morgan fingerprint density at radius 3 is 2.40 bits per heavy atom. The molecular weight excluding hydrogens is 316 g/mol. The smallest absolute Gasteiger partial charge is 0.251 e. The van der Waals surface area contributed by atoms with E-state index in [4.69, 9.17) is 9.47 Å². The minimum atomic E-state index is -0.00631. The van der Waals surface area contributed by atoms with E-state index in [2.05, 4.69) is 24.1 Å². The Balaban J connectivity index is 1.96. The number of morpholine rings is 1. The average Bonchev–Trinajstić information content (AvgIpc) is 2.66. The average molecular weight is 348 g/mol. The number of hydrogen-bond acceptors (Lipinski definition) is 4. The molecule has 1 N–H and O–H groups in total. The van der Waals surface area contributed by atoms with Crippen molar-refractivity contribution in [3.05, 3.63) is 35.4 Å². The molecule has 1 saturated heterocycles. The van der Waals surface area contributed by atoms with E-state index in [0.29, 0.717) is 30.7 Å². The quantitative estimate of drug-likeness (QED) is 0.745. The number of hydrogen-bond donors (Lipinski definition) is 1. The first-order valence-electron chi connectivity index (χ1n) is 9.37. The highest BCUT2D eigenvalue weighted by Crippen LogP contribution is 2.19. The lowest BCUT2D eigenvalue weighted by Crippen LogP contribution is -2.52. The molecule has 1 unspecified atom stereocenters. The van der Waals surface area contributed by atoms with Gasteiger partial charge in [-0.15, -0.1) is 0 Å². The molecule has 2 rings (SSSR count). The third kappa shape index (κ3) is 5.80. The predicted molar refractivity (Wildman–Crippen MR) is 99.7 cm³/mol. The first-order valence-corrected chi connectivity index (χ1v) is 9.37. The first kappa shape index (κ1) is 19.9. The summed E-state index contributed by atoms with van der Waals surface area (Å²) in [5.41, 5.74) is 1.77. The minimum absolute atomic E-state index is 0.00631. The van der Waals surface area contributed by atoms with Crippen LogP contribution >= 0.6 is 0 Å². The van der Waals surface area contributed by atoms with Crippen LogP contribution in [0.4, 0.5) is 0 Å². The van der Waals surface area contributed by atoms with Gasteiger partial charge in [-0.3, -0.25) is 9.69 Å². The lowest BCUT2D eigenvalue weighted by molar-refractivity contribution is 0.00191. The summed E-state index contributed by atoms with van der Waals surface area (Å²) in [5.74, 6) is 0.579. The van der Waals surface area contributed by atoms with Gasteiger partial charge in [0.15, 0.2) is 0 Å². The molecule has 0 aliphatic carbocycles. The zero-order chi connectivity index (χ0) is 18.1. The normalized spacial score (nSPS) is 16.8. The molecule has 1 aromatic carbocycles. The van der Waals surface area contributed by atoms with Crippen LogP contribution in [0.25, 0.3) is 0 Å². The van der Waals surface area contributed by atoms with E-state index in [0.717, 1.165) is 44.7 Å². The van der Waals surface area contributed by atoms with E-state index < -0.39 is 0 Å². The Labute approximate surface area is 151 Å².